The maximum Gasteiger partial charge on any atom is 0.0839 e. The Labute approximate surface area is 241 Å². The molecule has 38 heavy (non-hydrogen) atoms. The molecule has 2 nitrogen and oxygen atoms in total. The third-order valence-corrected chi connectivity index (χ3v) is 7.98. The Morgan fingerprint density at radius 3 is 1.05 bits per heavy atom. The van der Waals surface area contributed by atoms with Crippen molar-refractivity contribution in [2.75, 3.05) is 13.2 Å². The number of allylic oxidation sites excluding steroid dienone is 1. The Morgan fingerprint density at radius 1 is 0.421 bits per heavy atom. The molecule has 0 aromatic heterocycles. The molecule has 2 atom stereocenters. The van der Waals surface area contributed by atoms with E-state index in [2.05, 4.69) is 27.4 Å². The van der Waals surface area contributed by atoms with E-state index in [1.165, 1.54) is 141 Å². The topological polar surface area (TPSA) is 18.5 Å². The van der Waals surface area contributed by atoms with Crippen molar-refractivity contribution in [2.24, 2.45) is 0 Å². The maximum atomic E-state index is 6.24. The van der Waals surface area contributed by atoms with Gasteiger partial charge in [-0.1, -0.05) is 168 Å². The molecule has 0 saturated heterocycles. The molecular formula is C36H72O2. The van der Waals surface area contributed by atoms with Gasteiger partial charge in [0.1, 0.15) is 0 Å². The molecule has 0 spiro atoms. The fourth-order valence-electron chi connectivity index (χ4n) is 5.53. The summed E-state index contributed by atoms with van der Waals surface area (Å²) in [5, 5.41) is 0. The van der Waals surface area contributed by atoms with Crippen molar-refractivity contribution in [2.45, 2.75) is 206 Å². The van der Waals surface area contributed by atoms with E-state index in [1.54, 1.807) is 0 Å². The van der Waals surface area contributed by atoms with Crippen LogP contribution in [0.1, 0.15) is 194 Å². The van der Waals surface area contributed by atoms with E-state index >= 15 is 0 Å². The highest BCUT2D eigenvalue weighted by atomic mass is 16.5. The van der Waals surface area contributed by atoms with Crippen molar-refractivity contribution in [3.8, 4) is 0 Å². The molecule has 0 aliphatic heterocycles. The second-order valence-corrected chi connectivity index (χ2v) is 11.9. The molecule has 0 amide bonds. The fraction of sp³-hybridized carbons (Fsp3) is 0.944. The van der Waals surface area contributed by atoms with E-state index in [4.69, 9.17) is 9.47 Å². The molecule has 0 fully saturated rings. The Balaban J connectivity index is 3.54. The van der Waals surface area contributed by atoms with Crippen LogP contribution in [0.2, 0.25) is 0 Å². The first-order valence-electron chi connectivity index (χ1n) is 17.6. The van der Waals surface area contributed by atoms with E-state index in [1.807, 2.05) is 6.08 Å². The largest absolute Gasteiger partial charge is 0.376 e. The van der Waals surface area contributed by atoms with Crippen molar-refractivity contribution in [3.63, 3.8) is 0 Å². The SMILES string of the molecule is C=CCCC(OCCC)C(CCCCCCCCCCCCCCCCCCCCCCCC)OCCC. The van der Waals surface area contributed by atoms with Crippen LogP contribution in [-0.2, 0) is 9.47 Å². The van der Waals surface area contributed by atoms with Crippen LogP contribution in [0.3, 0.4) is 0 Å². The van der Waals surface area contributed by atoms with Crippen molar-refractivity contribution in [3.05, 3.63) is 12.7 Å². The second kappa shape index (κ2) is 32.9. The molecule has 0 aromatic rings. The number of unbranched alkanes of at least 4 members (excludes halogenated alkanes) is 21. The molecule has 0 rings (SSSR count). The lowest BCUT2D eigenvalue weighted by Gasteiger charge is -2.27. The quantitative estimate of drug-likeness (QED) is 0.0613. The first-order valence-corrected chi connectivity index (χ1v) is 17.6. The molecule has 0 aliphatic carbocycles. The van der Waals surface area contributed by atoms with Crippen LogP contribution in [0.5, 0.6) is 0 Å². The summed E-state index contributed by atoms with van der Waals surface area (Å²) >= 11 is 0. The predicted molar refractivity (Wildman–Crippen MR) is 171 cm³/mol. The smallest absolute Gasteiger partial charge is 0.0839 e. The van der Waals surface area contributed by atoms with Gasteiger partial charge in [-0.15, -0.1) is 6.58 Å². The van der Waals surface area contributed by atoms with E-state index in [9.17, 15) is 0 Å². The molecule has 0 saturated carbocycles. The van der Waals surface area contributed by atoms with Gasteiger partial charge in [0.2, 0.25) is 0 Å². The standard InChI is InChI=1S/C36H72O2/c1-5-9-11-12-13-14-15-16-17-18-19-20-21-22-23-24-25-26-27-28-29-30-32-36(38-34-8-4)35(31-10-6-2)37-33-7-3/h6,35-36H,2,5,7-34H2,1,3-4H3. The molecule has 0 aliphatic rings. The van der Waals surface area contributed by atoms with Crippen molar-refractivity contribution in [1.82, 2.24) is 0 Å². The van der Waals surface area contributed by atoms with Crippen molar-refractivity contribution >= 4 is 0 Å². The summed E-state index contributed by atoms with van der Waals surface area (Å²) < 4.78 is 12.4. The molecule has 0 aromatic carbocycles. The number of rotatable bonds is 33. The molecule has 0 radical (unpaired) electrons. The first-order chi connectivity index (χ1) is 18.8. The third kappa shape index (κ3) is 27.2. The van der Waals surface area contributed by atoms with Crippen molar-refractivity contribution in [1.29, 1.82) is 0 Å². The summed E-state index contributed by atoms with van der Waals surface area (Å²) in [6.45, 7) is 12.3. The Bertz CT molecular complexity index is 435. The minimum absolute atomic E-state index is 0.231. The van der Waals surface area contributed by atoms with Crippen LogP contribution in [-0.4, -0.2) is 25.4 Å². The molecule has 0 heterocycles. The van der Waals surface area contributed by atoms with Gasteiger partial charge in [-0.05, 0) is 32.1 Å². The van der Waals surface area contributed by atoms with Gasteiger partial charge in [-0.2, -0.15) is 0 Å². The van der Waals surface area contributed by atoms with E-state index < -0.39 is 0 Å². The fourth-order valence-corrected chi connectivity index (χ4v) is 5.53. The van der Waals surface area contributed by atoms with Gasteiger partial charge in [0, 0.05) is 13.2 Å². The highest BCUT2D eigenvalue weighted by Crippen LogP contribution is 2.20. The lowest BCUT2D eigenvalue weighted by atomic mass is 10.00. The summed E-state index contributed by atoms with van der Waals surface area (Å²) in [5.74, 6) is 0. The number of hydrogen-bond donors (Lipinski definition) is 0. The van der Waals surface area contributed by atoms with Gasteiger partial charge in [-0.3, -0.25) is 0 Å². The molecular weight excluding hydrogens is 464 g/mol. The first kappa shape index (κ1) is 37.7. The van der Waals surface area contributed by atoms with Gasteiger partial charge in [0.25, 0.3) is 0 Å². The average Bonchev–Trinajstić information content (AvgIpc) is 2.93. The number of ether oxygens (including phenoxy) is 2. The Hall–Kier alpha value is -0.340. The van der Waals surface area contributed by atoms with Crippen LogP contribution < -0.4 is 0 Å². The highest BCUT2D eigenvalue weighted by molar-refractivity contribution is 4.77. The Kier molecular flexibility index (Phi) is 32.6. The van der Waals surface area contributed by atoms with Crippen LogP contribution in [0.4, 0.5) is 0 Å². The lowest BCUT2D eigenvalue weighted by Crippen LogP contribution is -2.32. The summed E-state index contributed by atoms with van der Waals surface area (Å²) in [6, 6.07) is 0. The molecule has 0 bridgehead atoms. The zero-order chi connectivity index (χ0) is 27.8. The van der Waals surface area contributed by atoms with Gasteiger partial charge in [-0.25, -0.2) is 0 Å². The molecule has 0 N–H and O–H groups in total. The molecule has 2 unspecified atom stereocenters. The van der Waals surface area contributed by atoms with Crippen LogP contribution >= 0.6 is 0 Å². The summed E-state index contributed by atoms with van der Waals surface area (Å²) in [7, 11) is 0. The van der Waals surface area contributed by atoms with Gasteiger partial charge in [0.05, 0.1) is 12.2 Å². The highest BCUT2D eigenvalue weighted by Gasteiger charge is 2.21. The zero-order valence-electron chi connectivity index (χ0n) is 26.8. The van der Waals surface area contributed by atoms with Gasteiger partial charge in [0.15, 0.2) is 0 Å². The van der Waals surface area contributed by atoms with Crippen LogP contribution in [0.15, 0.2) is 12.7 Å². The second-order valence-electron chi connectivity index (χ2n) is 11.9. The average molecular weight is 537 g/mol. The minimum Gasteiger partial charge on any atom is -0.376 e. The van der Waals surface area contributed by atoms with E-state index in [0.717, 1.165) is 45.3 Å². The minimum atomic E-state index is 0.231. The van der Waals surface area contributed by atoms with Gasteiger partial charge < -0.3 is 9.47 Å². The molecule has 228 valence electrons. The maximum absolute atomic E-state index is 6.24. The third-order valence-electron chi connectivity index (χ3n) is 7.98. The van der Waals surface area contributed by atoms with E-state index in [-0.39, 0.29) is 12.2 Å². The molecule has 2 heteroatoms. The van der Waals surface area contributed by atoms with Crippen molar-refractivity contribution < 1.29 is 9.47 Å². The van der Waals surface area contributed by atoms with Gasteiger partial charge >= 0.3 is 0 Å². The Morgan fingerprint density at radius 2 is 0.737 bits per heavy atom. The lowest BCUT2D eigenvalue weighted by molar-refractivity contribution is -0.0797. The summed E-state index contributed by atoms with van der Waals surface area (Å²) in [4.78, 5) is 0. The summed E-state index contributed by atoms with van der Waals surface area (Å²) in [5.41, 5.74) is 0. The zero-order valence-corrected chi connectivity index (χ0v) is 26.8. The van der Waals surface area contributed by atoms with E-state index in [0.29, 0.717) is 0 Å². The van der Waals surface area contributed by atoms with Crippen LogP contribution in [0, 0.1) is 0 Å². The predicted octanol–water partition coefficient (Wildman–Crippen LogP) is 12.5. The normalized spacial score (nSPS) is 13.1. The number of hydrogen-bond acceptors (Lipinski definition) is 2. The monoisotopic (exact) mass is 537 g/mol. The van der Waals surface area contributed by atoms with Crippen LogP contribution in [0.25, 0.3) is 0 Å². The summed E-state index contributed by atoms with van der Waals surface area (Å²) in [6.07, 6.45) is 39.5.